The van der Waals surface area contributed by atoms with E-state index in [2.05, 4.69) is 15.5 Å². The Hall–Kier alpha value is -3.00. The highest BCUT2D eigenvalue weighted by Gasteiger charge is 2.15. The molecule has 0 saturated heterocycles. The fraction of sp³-hybridized carbons (Fsp3) is 0. The Labute approximate surface area is 135 Å². The first kappa shape index (κ1) is 14.9. The van der Waals surface area contributed by atoms with Crippen LogP contribution >= 0.6 is 11.8 Å². The van der Waals surface area contributed by atoms with Crippen LogP contribution < -0.4 is 0 Å². The normalized spacial score (nSPS) is 11.4. The molecular weight excluding hydrogens is 314 g/mol. The van der Waals surface area contributed by atoms with Crippen molar-refractivity contribution in [2.75, 3.05) is 0 Å². The van der Waals surface area contributed by atoms with Gasteiger partial charge in [-0.2, -0.15) is 4.68 Å². The lowest BCUT2D eigenvalue weighted by molar-refractivity contribution is -0.375. The molecule has 3 rings (SSSR count). The molecule has 0 radical (unpaired) electrons. The lowest BCUT2D eigenvalue weighted by atomic mass is 10.2. The molecule has 0 N–H and O–H groups in total. The Kier molecular flexibility index (Phi) is 4.44. The molecule has 3 aromatic rings. The van der Waals surface area contributed by atoms with Crippen molar-refractivity contribution >= 4 is 17.5 Å². The largest absolute Gasteiger partial charge is 0.283 e. The lowest BCUT2D eigenvalue weighted by Gasteiger charge is -2.02. The van der Waals surface area contributed by atoms with Crippen LogP contribution in [0.5, 0.6) is 0 Å². The topological polar surface area (TPSA) is 86.7 Å². The number of para-hydroxylation sites is 1. The van der Waals surface area contributed by atoms with E-state index < -0.39 is 4.92 Å². The van der Waals surface area contributed by atoms with Gasteiger partial charge in [0.25, 0.3) is 5.70 Å². The Balaban J connectivity index is 1.90. The van der Waals surface area contributed by atoms with Crippen molar-refractivity contribution in [1.82, 2.24) is 20.2 Å². The van der Waals surface area contributed by atoms with Crippen LogP contribution in [0.1, 0.15) is 5.56 Å². The smallest absolute Gasteiger partial charge is 0.258 e. The van der Waals surface area contributed by atoms with Crippen LogP contribution in [0.15, 0.2) is 71.2 Å². The molecule has 0 atom stereocenters. The molecule has 0 aliphatic rings. The van der Waals surface area contributed by atoms with Crippen LogP contribution in [0.25, 0.3) is 11.4 Å². The zero-order chi connectivity index (χ0) is 16.1. The Bertz CT molecular complexity index is 833. The van der Waals surface area contributed by atoms with Crippen LogP contribution in [-0.4, -0.2) is 25.1 Å². The highest BCUT2D eigenvalue weighted by atomic mass is 32.2. The summed E-state index contributed by atoms with van der Waals surface area (Å²) in [7, 11) is 0. The van der Waals surface area contributed by atoms with Crippen molar-refractivity contribution in [2.24, 2.45) is 0 Å². The van der Waals surface area contributed by atoms with E-state index >= 15 is 0 Å². The van der Waals surface area contributed by atoms with Gasteiger partial charge in [0.15, 0.2) is 0 Å². The summed E-state index contributed by atoms with van der Waals surface area (Å²) in [6.07, 6.45) is 0. The van der Waals surface area contributed by atoms with Crippen molar-refractivity contribution < 1.29 is 4.92 Å². The van der Waals surface area contributed by atoms with Crippen LogP contribution in [0.3, 0.4) is 0 Å². The number of thioether (sulfide) groups is 1. The van der Waals surface area contributed by atoms with Crippen LogP contribution in [0, 0.1) is 10.1 Å². The molecule has 0 aliphatic carbocycles. The van der Waals surface area contributed by atoms with Crippen LogP contribution in [-0.2, 0) is 0 Å². The van der Waals surface area contributed by atoms with E-state index in [4.69, 9.17) is 0 Å². The van der Waals surface area contributed by atoms with Gasteiger partial charge in [-0.05, 0) is 46.5 Å². The molecule has 114 valence electrons. The van der Waals surface area contributed by atoms with Crippen LogP contribution in [0.2, 0.25) is 0 Å². The van der Waals surface area contributed by atoms with E-state index in [-0.39, 0.29) is 5.70 Å². The standard InChI is InChI=1S/C15H11N5O2S/c21-20(22)14(12-7-3-1-4-8-12)11-23-15-16-17-18-19(15)13-9-5-2-6-10-13/h1-11H. The summed E-state index contributed by atoms with van der Waals surface area (Å²) in [6, 6.07) is 18.0. The van der Waals surface area contributed by atoms with Gasteiger partial charge in [-0.15, -0.1) is 5.10 Å². The minimum absolute atomic E-state index is 0.00166. The molecule has 0 spiro atoms. The van der Waals surface area contributed by atoms with Gasteiger partial charge in [-0.3, -0.25) is 10.1 Å². The average molecular weight is 325 g/mol. The van der Waals surface area contributed by atoms with Crippen molar-refractivity contribution in [2.45, 2.75) is 5.16 Å². The van der Waals surface area contributed by atoms with Crippen molar-refractivity contribution in [3.05, 3.63) is 81.7 Å². The molecule has 8 heteroatoms. The van der Waals surface area contributed by atoms with Crippen molar-refractivity contribution in [3.63, 3.8) is 0 Å². The number of aromatic nitrogens is 4. The van der Waals surface area contributed by atoms with Crippen LogP contribution in [0.4, 0.5) is 0 Å². The quantitative estimate of drug-likeness (QED) is 0.407. The SMILES string of the molecule is O=[N+]([O-])C(=CSc1nnnn1-c1ccccc1)c1ccccc1. The number of hydrogen-bond acceptors (Lipinski definition) is 6. The van der Waals surface area contributed by atoms with E-state index in [0.717, 1.165) is 17.4 Å². The molecule has 0 fully saturated rings. The third-order valence-electron chi connectivity index (χ3n) is 2.98. The Morgan fingerprint density at radius 3 is 2.39 bits per heavy atom. The van der Waals surface area contributed by atoms with Gasteiger partial charge in [-0.25, -0.2) is 0 Å². The first-order valence-electron chi connectivity index (χ1n) is 6.66. The summed E-state index contributed by atoms with van der Waals surface area (Å²) in [5.41, 5.74) is 1.32. The van der Waals surface area contributed by atoms with Gasteiger partial charge >= 0.3 is 0 Å². The average Bonchev–Trinajstić information content (AvgIpc) is 3.05. The molecule has 0 bridgehead atoms. The number of benzene rings is 2. The summed E-state index contributed by atoms with van der Waals surface area (Å²) in [5.74, 6) is 0. The molecule has 23 heavy (non-hydrogen) atoms. The number of hydrogen-bond donors (Lipinski definition) is 0. The zero-order valence-corrected chi connectivity index (χ0v) is 12.6. The molecule has 0 amide bonds. The Morgan fingerprint density at radius 2 is 1.74 bits per heavy atom. The summed E-state index contributed by atoms with van der Waals surface area (Å²) >= 11 is 1.10. The molecule has 2 aromatic carbocycles. The molecule has 0 aliphatic heterocycles. The number of rotatable bonds is 5. The summed E-state index contributed by atoms with van der Waals surface area (Å²) < 4.78 is 1.53. The van der Waals surface area contributed by atoms with Crippen molar-refractivity contribution in [3.8, 4) is 5.69 Å². The fourth-order valence-electron chi connectivity index (χ4n) is 1.92. The zero-order valence-electron chi connectivity index (χ0n) is 11.8. The van der Waals surface area contributed by atoms with Gasteiger partial charge < -0.3 is 0 Å². The monoisotopic (exact) mass is 325 g/mol. The van der Waals surface area contributed by atoms with E-state index in [9.17, 15) is 10.1 Å². The minimum atomic E-state index is -0.418. The van der Waals surface area contributed by atoms with Gasteiger partial charge in [-0.1, -0.05) is 36.4 Å². The highest BCUT2D eigenvalue weighted by Crippen LogP contribution is 2.24. The molecule has 0 unspecified atom stereocenters. The maximum atomic E-state index is 11.3. The van der Waals surface area contributed by atoms with Crippen molar-refractivity contribution in [1.29, 1.82) is 0 Å². The first-order chi connectivity index (χ1) is 11.3. The lowest BCUT2D eigenvalue weighted by Crippen LogP contribution is -1.99. The first-order valence-corrected chi connectivity index (χ1v) is 7.54. The second kappa shape index (κ2) is 6.84. The number of nitrogens with zero attached hydrogens (tertiary/aromatic N) is 5. The Morgan fingerprint density at radius 1 is 1.09 bits per heavy atom. The second-order valence-electron chi connectivity index (χ2n) is 4.45. The third kappa shape index (κ3) is 3.43. The van der Waals surface area contributed by atoms with Gasteiger partial charge in [0.05, 0.1) is 21.6 Å². The minimum Gasteiger partial charge on any atom is -0.258 e. The molecule has 7 nitrogen and oxygen atoms in total. The summed E-state index contributed by atoms with van der Waals surface area (Å²) in [5, 5.41) is 24.6. The van der Waals surface area contributed by atoms with E-state index in [0.29, 0.717) is 10.7 Å². The predicted octanol–water partition coefficient (Wildman–Crippen LogP) is 3.03. The predicted molar refractivity (Wildman–Crippen MR) is 86.4 cm³/mol. The number of tetrazole rings is 1. The van der Waals surface area contributed by atoms with Gasteiger partial charge in [0.1, 0.15) is 0 Å². The molecule has 1 heterocycles. The molecular formula is C15H11N5O2S. The molecule has 0 saturated carbocycles. The third-order valence-corrected chi connectivity index (χ3v) is 3.79. The summed E-state index contributed by atoms with van der Waals surface area (Å²) in [6.45, 7) is 0. The van der Waals surface area contributed by atoms with E-state index in [1.54, 1.807) is 24.3 Å². The van der Waals surface area contributed by atoms with Gasteiger partial charge in [0.2, 0.25) is 5.16 Å². The highest BCUT2D eigenvalue weighted by molar-refractivity contribution is 8.02. The maximum absolute atomic E-state index is 11.3. The number of nitro groups is 1. The van der Waals surface area contributed by atoms with Gasteiger partial charge in [0, 0.05) is 0 Å². The van der Waals surface area contributed by atoms with E-state index in [1.165, 1.54) is 10.1 Å². The fourth-order valence-corrected chi connectivity index (χ4v) is 2.68. The maximum Gasteiger partial charge on any atom is 0.283 e. The summed E-state index contributed by atoms with van der Waals surface area (Å²) in [4.78, 5) is 10.9. The van der Waals surface area contributed by atoms with E-state index in [1.807, 2.05) is 36.4 Å². The second-order valence-corrected chi connectivity index (χ2v) is 5.29. The molecule has 1 aromatic heterocycles.